The Balaban J connectivity index is 1.29. The van der Waals surface area contributed by atoms with Crippen molar-refractivity contribution in [3.63, 3.8) is 0 Å². The van der Waals surface area contributed by atoms with E-state index in [9.17, 15) is 9.59 Å². The number of hydrogen-bond acceptors (Lipinski definition) is 8. The van der Waals surface area contributed by atoms with Gasteiger partial charge in [0, 0.05) is 27.6 Å². The molecule has 37 heavy (non-hydrogen) atoms. The summed E-state index contributed by atoms with van der Waals surface area (Å²) in [6.07, 6.45) is 1.59. The number of para-hydroxylation sites is 1. The third kappa shape index (κ3) is 4.10. The molecule has 0 bridgehead atoms. The summed E-state index contributed by atoms with van der Waals surface area (Å²) in [7, 11) is 1.52. The van der Waals surface area contributed by atoms with Crippen molar-refractivity contribution in [1.29, 1.82) is 0 Å². The molecule has 1 aromatic heterocycles. The van der Waals surface area contributed by atoms with Crippen molar-refractivity contribution >= 4 is 40.4 Å². The maximum Gasteiger partial charge on any atom is 0.379 e. The molecule has 0 saturated carbocycles. The van der Waals surface area contributed by atoms with Crippen molar-refractivity contribution in [2.24, 2.45) is 0 Å². The molecular formula is C28H19ClO8. The van der Waals surface area contributed by atoms with E-state index < -0.39 is 5.97 Å². The summed E-state index contributed by atoms with van der Waals surface area (Å²) in [5, 5.41) is 1.19. The predicted octanol–water partition coefficient (Wildman–Crippen LogP) is 6.11. The largest absolute Gasteiger partial charge is 0.493 e. The summed E-state index contributed by atoms with van der Waals surface area (Å²) < 4.78 is 33.4. The van der Waals surface area contributed by atoms with Crippen LogP contribution in [0.4, 0.5) is 0 Å². The van der Waals surface area contributed by atoms with Crippen molar-refractivity contribution in [3.05, 3.63) is 87.3 Å². The molecule has 3 heterocycles. The lowest BCUT2D eigenvalue weighted by molar-refractivity contribution is -0.0165. The van der Waals surface area contributed by atoms with E-state index in [0.29, 0.717) is 50.8 Å². The van der Waals surface area contributed by atoms with Gasteiger partial charge in [-0.05, 0) is 48.9 Å². The smallest absolute Gasteiger partial charge is 0.379 e. The Labute approximate surface area is 215 Å². The fraction of sp³-hybridized carbons (Fsp3) is 0.143. The lowest BCUT2D eigenvalue weighted by Gasteiger charge is -2.20. The van der Waals surface area contributed by atoms with Crippen LogP contribution in [0.5, 0.6) is 23.0 Å². The number of fused-ring (bicyclic) bond motifs is 3. The summed E-state index contributed by atoms with van der Waals surface area (Å²) in [6, 6.07) is 13.5. The van der Waals surface area contributed by atoms with E-state index in [4.69, 9.17) is 39.7 Å². The lowest BCUT2D eigenvalue weighted by atomic mass is 10.0. The number of rotatable bonds is 4. The SMILES string of the molecule is COc1cccc2cc(C(=O)Oc3cc(C)c4c(c3)O/C(=C\c3cc(Cl)cc5c3OCOC5)C4=O)oc12. The van der Waals surface area contributed by atoms with Gasteiger partial charge in [0.2, 0.25) is 11.5 Å². The first kappa shape index (κ1) is 23.1. The second-order valence-electron chi connectivity index (χ2n) is 8.53. The Kier molecular flexibility index (Phi) is 5.62. The van der Waals surface area contributed by atoms with Gasteiger partial charge in [-0.15, -0.1) is 0 Å². The fourth-order valence-corrected chi connectivity index (χ4v) is 4.70. The summed E-state index contributed by atoms with van der Waals surface area (Å²) >= 11 is 6.25. The van der Waals surface area contributed by atoms with Gasteiger partial charge in [-0.1, -0.05) is 23.7 Å². The summed E-state index contributed by atoms with van der Waals surface area (Å²) in [5.41, 5.74) is 2.82. The zero-order chi connectivity index (χ0) is 25.7. The van der Waals surface area contributed by atoms with Gasteiger partial charge in [0.1, 0.15) is 17.2 Å². The van der Waals surface area contributed by atoms with Gasteiger partial charge in [0.15, 0.2) is 23.9 Å². The quantitative estimate of drug-likeness (QED) is 0.182. The van der Waals surface area contributed by atoms with E-state index in [1.165, 1.54) is 13.2 Å². The Morgan fingerprint density at radius 2 is 2.00 bits per heavy atom. The van der Waals surface area contributed by atoms with Crippen LogP contribution >= 0.6 is 11.6 Å². The van der Waals surface area contributed by atoms with Gasteiger partial charge in [-0.25, -0.2) is 4.79 Å². The van der Waals surface area contributed by atoms with Gasteiger partial charge >= 0.3 is 5.97 Å². The third-order valence-corrected chi connectivity index (χ3v) is 6.29. The van der Waals surface area contributed by atoms with Crippen LogP contribution in [0.2, 0.25) is 5.02 Å². The predicted molar refractivity (Wildman–Crippen MR) is 134 cm³/mol. The second-order valence-corrected chi connectivity index (χ2v) is 8.96. The number of methoxy groups -OCH3 is 1. The highest BCUT2D eigenvalue weighted by molar-refractivity contribution is 6.31. The first-order valence-electron chi connectivity index (χ1n) is 11.3. The number of aryl methyl sites for hydroxylation is 1. The minimum atomic E-state index is -0.692. The number of carbonyl (C=O) groups excluding carboxylic acids is 2. The van der Waals surface area contributed by atoms with Gasteiger partial charge in [-0.2, -0.15) is 0 Å². The molecule has 3 aromatic carbocycles. The van der Waals surface area contributed by atoms with Crippen LogP contribution < -0.4 is 18.9 Å². The molecule has 0 aliphatic carbocycles. The van der Waals surface area contributed by atoms with Gasteiger partial charge in [0.25, 0.3) is 0 Å². The van der Waals surface area contributed by atoms with Gasteiger partial charge < -0.3 is 28.1 Å². The van der Waals surface area contributed by atoms with E-state index >= 15 is 0 Å². The van der Waals surface area contributed by atoms with E-state index in [1.54, 1.807) is 55.5 Å². The Morgan fingerprint density at radius 1 is 1.14 bits per heavy atom. The molecule has 0 unspecified atom stereocenters. The average Bonchev–Trinajstić information content (AvgIpc) is 3.45. The molecule has 0 amide bonds. The minimum absolute atomic E-state index is 0.0185. The lowest BCUT2D eigenvalue weighted by Crippen LogP contribution is -2.12. The molecule has 186 valence electrons. The fourth-order valence-electron chi connectivity index (χ4n) is 4.45. The number of ketones is 1. The van der Waals surface area contributed by atoms with E-state index in [2.05, 4.69) is 0 Å². The van der Waals surface area contributed by atoms with Crippen LogP contribution in [0, 0.1) is 6.92 Å². The highest BCUT2D eigenvalue weighted by Crippen LogP contribution is 2.40. The van der Waals surface area contributed by atoms with Gasteiger partial charge in [-0.3, -0.25) is 4.79 Å². The molecule has 9 heteroatoms. The van der Waals surface area contributed by atoms with Crippen molar-refractivity contribution < 1.29 is 37.7 Å². The molecule has 0 radical (unpaired) electrons. The second kappa shape index (κ2) is 8.99. The van der Waals surface area contributed by atoms with E-state index in [1.807, 2.05) is 0 Å². The molecule has 6 rings (SSSR count). The normalized spacial score (nSPS) is 15.2. The first-order valence-corrected chi connectivity index (χ1v) is 11.7. The molecule has 2 aliphatic heterocycles. The zero-order valence-corrected chi connectivity index (χ0v) is 20.5. The van der Waals surface area contributed by atoms with Crippen molar-refractivity contribution in [2.45, 2.75) is 13.5 Å². The number of esters is 1. The van der Waals surface area contributed by atoms with Gasteiger partial charge in [0.05, 0.1) is 19.3 Å². The van der Waals surface area contributed by atoms with Crippen molar-refractivity contribution in [1.82, 2.24) is 0 Å². The van der Waals surface area contributed by atoms with Crippen LogP contribution in [0.15, 0.2) is 58.7 Å². The minimum Gasteiger partial charge on any atom is -0.493 e. The van der Waals surface area contributed by atoms with Crippen LogP contribution in [-0.4, -0.2) is 25.7 Å². The van der Waals surface area contributed by atoms with Crippen molar-refractivity contribution in [3.8, 4) is 23.0 Å². The summed E-state index contributed by atoms with van der Waals surface area (Å²) in [4.78, 5) is 26.0. The Hall–Kier alpha value is -4.27. The number of allylic oxidation sites excluding steroid dienone is 1. The maximum absolute atomic E-state index is 13.2. The molecule has 0 saturated heterocycles. The summed E-state index contributed by atoms with van der Waals surface area (Å²) in [5.74, 6) is 0.724. The van der Waals surface area contributed by atoms with E-state index in [0.717, 1.165) is 5.56 Å². The molecule has 4 aromatic rings. The number of carbonyl (C=O) groups is 2. The first-order chi connectivity index (χ1) is 17.9. The Bertz CT molecular complexity index is 1630. The topological polar surface area (TPSA) is 93.4 Å². The number of hydrogen-bond donors (Lipinski definition) is 0. The molecule has 2 aliphatic rings. The highest BCUT2D eigenvalue weighted by atomic mass is 35.5. The van der Waals surface area contributed by atoms with Crippen molar-refractivity contribution in [2.75, 3.05) is 13.9 Å². The average molecular weight is 519 g/mol. The molecule has 8 nitrogen and oxygen atoms in total. The molecule has 0 spiro atoms. The van der Waals surface area contributed by atoms with Crippen LogP contribution in [0.3, 0.4) is 0 Å². The van der Waals surface area contributed by atoms with E-state index in [-0.39, 0.29) is 35.6 Å². The summed E-state index contributed by atoms with van der Waals surface area (Å²) in [6.45, 7) is 2.20. The zero-order valence-electron chi connectivity index (χ0n) is 19.8. The monoisotopic (exact) mass is 518 g/mol. The number of furan rings is 1. The standard InChI is InChI=1S/C28H19ClO8/c1-14-6-19(35-28(31)23-9-15-4-3-5-20(32-2)27(15)37-23)11-21-24(14)25(30)22(36-21)10-16-7-18(29)8-17-12-33-13-34-26(16)17/h3-11H,12-13H2,1-2H3/b22-10-. The Morgan fingerprint density at radius 3 is 2.84 bits per heavy atom. The molecule has 0 atom stereocenters. The molecular weight excluding hydrogens is 500 g/mol. The number of benzene rings is 3. The number of Topliss-reactive ketones (excluding diaryl/α,β-unsaturated/α-hetero) is 1. The van der Waals surface area contributed by atoms with Crippen LogP contribution in [0.25, 0.3) is 17.0 Å². The number of ether oxygens (including phenoxy) is 5. The van der Waals surface area contributed by atoms with Crippen LogP contribution in [0.1, 0.15) is 37.6 Å². The van der Waals surface area contributed by atoms with Crippen LogP contribution in [-0.2, 0) is 11.3 Å². The number of halogens is 1. The molecule has 0 N–H and O–H groups in total. The maximum atomic E-state index is 13.2. The molecule has 0 fully saturated rings. The highest BCUT2D eigenvalue weighted by Gasteiger charge is 2.31. The third-order valence-electron chi connectivity index (χ3n) is 6.07.